The Hall–Kier alpha value is -3.45. The summed E-state index contributed by atoms with van der Waals surface area (Å²) in [5, 5.41) is 11.7. The number of thiophene rings is 1. The van der Waals surface area contributed by atoms with E-state index in [1.165, 1.54) is 28.3 Å². The number of carboxylic acid groups (broad SMARTS) is 1. The molecule has 0 unspecified atom stereocenters. The van der Waals surface area contributed by atoms with Gasteiger partial charge in [0.2, 0.25) is 0 Å². The number of nitrogens with zero attached hydrogens (tertiary/aromatic N) is 2. The van der Waals surface area contributed by atoms with Crippen LogP contribution in [0, 0.1) is 0 Å². The molecule has 2 heterocycles. The van der Waals surface area contributed by atoms with Gasteiger partial charge in [-0.05, 0) is 42.3 Å². The number of ether oxygens (including phenoxy) is 1. The SMILES string of the molecule is CCOc1ccc(-c2csc3ncn(Cc4cccc(C(=O)O)c4)c(=O)c23)cc1. The zero-order chi connectivity index (χ0) is 20.4. The summed E-state index contributed by atoms with van der Waals surface area (Å²) in [6, 6.07) is 14.2. The fourth-order valence-corrected chi connectivity index (χ4v) is 4.10. The fourth-order valence-electron chi connectivity index (χ4n) is 3.19. The molecule has 2 aromatic heterocycles. The smallest absolute Gasteiger partial charge is 0.335 e. The Labute approximate surface area is 170 Å². The van der Waals surface area contributed by atoms with Crippen molar-refractivity contribution in [1.29, 1.82) is 0 Å². The van der Waals surface area contributed by atoms with Gasteiger partial charge < -0.3 is 9.84 Å². The standard InChI is InChI=1S/C22H18N2O4S/c1-2-28-17-8-6-15(7-9-17)18-12-29-20-19(18)21(25)24(13-23-20)11-14-4-3-5-16(10-14)22(26)27/h3-10,12-13H,2,11H2,1H3,(H,26,27). The van der Waals surface area contributed by atoms with Crippen molar-refractivity contribution in [2.75, 3.05) is 6.61 Å². The molecule has 0 atom stereocenters. The maximum Gasteiger partial charge on any atom is 0.335 e. The molecule has 0 bridgehead atoms. The summed E-state index contributed by atoms with van der Waals surface area (Å²) in [5.41, 5.74) is 2.52. The lowest BCUT2D eigenvalue weighted by Gasteiger charge is -2.08. The summed E-state index contributed by atoms with van der Waals surface area (Å²) >= 11 is 1.43. The van der Waals surface area contributed by atoms with E-state index in [4.69, 9.17) is 4.74 Å². The lowest BCUT2D eigenvalue weighted by molar-refractivity contribution is 0.0696. The molecule has 0 radical (unpaired) electrons. The van der Waals surface area contributed by atoms with Gasteiger partial charge in [0.15, 0.2) is 0 Å². The summed E-state index contributed by atoms with van der Waals surface area (Å²) in [7, 11) is 0. The summed E-state index contributed by atoms with van der Waals surface area (Å²) in [5.74, 6) is -0.215. The lowest BCUT2D eigenvalue weighted by Crippen LogP contribution is -2.21. The van der Waals surface area contributed by atoms with E-state index in [0.29, 0.717) is 16.8 Å². The second-order valence-corrected chi connectivity index (χ2v) is 7.33. The van der Waals surface area contributed by atoms with E-state index in [-0.39, 0.29) is 17.7 Å². The number of aromatic nitrogens is 2. The van der Waals surface area contributed by atoms with E-state index in [2.05, 4.69) is 4.98 Å². The van der Waals surface area contributed by atoms with Gasteiger partial charge in [0.1, 0.15) is 10.6 Å². The van der Waals surface area contributed by atoms with Gasteiger partial charge in [-0.15, -0.1) is 11.3 Å². The molecule has 0 saturated heterocycles. The number of benzene rings is 2. The average Bonchev–Trinajstić information content (AvgIpc) is 3.16. The molecule has 6 nitrogen and oxygen atoms in total. The van der Waals surface area contributed by atoms with Crippen molar-refractivity contribution >= 4 is 27.5 Å². The second-order valence-electron chi connectivity index (χ2n) is 6.47. The summed E-state index contributed by atoms with van der Waals surface area (Å²) in [4.78, 5) is 29.5. The molecule has 1 N–H and O–H groups in total. The minimum atomic E-state index is -0.997. The molecule has 4 rings (SSSR count). The molecule has 0 saturated carbocycles. The molecule has 29 heavy (non-hydrogen) atoms. The average molecular weight is 406 g/mol. The van der Waals surface area contributed by atoms with Gasteiger partial charge in [0, 0.05) is 10.9 Å². The number of carbonyl (C=O) groups is 1. The van der Waals surface area contributed by atoms with Crippen molar-refractivity contribution in [3.8, 4) is 16.9 Å². The number of hydrogen-bond donors (Lipinski definition) is 1. The Morgan fingerprint density at radius 1 is 1.21 bits per heavy atom. The molecule has 0 amide bonds. The first kappa shape index (κ1) is 18.9. The van der Waals surface area contributed by atoms with Crippen LogP contribution in [0.4, 0.5) is 0 Å². The molecule has 4 aromatic rings. The van der Waals surface area contributed by atoms with Crippen molar-refractivity contribution in [1.82, 2.24) is 9.55 Å². The van der Waals surface area contributed by atoms with Crippen LogP contribution in [0.2, 0.25) is 0 Å². The number of hydrogen-bond acceptors (Lipinski definition) is 5. The zero-order valence-corrected chi connectivity index (χ0v) is 16.5. The van der Waals surface area contributed by atoms with E-state index >= 15 is 0 Å². The van der Waals surface area contributed by atoms with Gasteiger partial charge in [-0.2, -0.15) is 0 Å². The van der Waals surface area contributed by atoms with Gasteiger partial charge in [0.05, 0.1) is 30.4 Å². The van der Waals surface area contributed by atoms with E-state index in [1.807, 2.05) is 36.6 Å². The molecular weight excluding hydrogens is 388 g/mol. The normalized spacial score (nSPS) is 10.9. The first-order valence-electron chi connectivity index (χ1n) is 9.09. The lowest BCUT2D eigenvalue weighted by atomic mass is 10.1. The summed E-state index contributed by atoms with van der Waals surface area (Å²) < 4.78 is 6.99. The van der Waals surface area contributed by atoms with Crippen molar-refractivity contribution in [3.63, 3.8) is 0 Å². The van der Waals surface area contributed by atoms with Crippen molar-refractivity contribution < 1.29 is 14.6 Å². The molecule has 0 spiro atoms. The number of aromatic carboxylic acids is 1. The van der Waals surface area contributed by atoms with Crippen LogP contribution in [0.3, 0.4) is 0 Å². The first-order chi connectivity index (χ1) is 14.1. The van der Waals surface area contributed by atoms with E-state index in [0.717, 1.165) is 22.4 Å². The Kier molecular flexibility index (Phi) is 5.14. The minimum Gasteiger partial charge on any atom is -0.494 e. The van der Waals surface area contributed by atoms with Gasteiger partial charge >= 0.3 is 5.97 Å². The first-order valence-corrected chi connectivity index (χ1v) is 9.97. The Morgan fingerprint density at radius 3 is 2.72 bits per heavy atom. The third-order valence-electron chi connectivity index (χ3n) is 4.56. The van der Waals surface area contributed by atoms with Crippen molar-refractivity contribution in [2.24, 2.45) is 0 Å². The highest BCUT2D eigenvalue weighted by Gasteiger charge is 2.14. The predicted octanol–water partition coefficient (Wildman–Crippen LogP) is 4.27. The van der Waals surface area contributed by atoms with Crippen LogP contribution in [0.5, 0.6) is 5.75 Å². The number of rotatable bonds is 6. The highest BCUT2D eigenvalue weighted by molar-refractivity contribution is 7.17. The minimum absolute atomic E-state index is 0.152. The van der Waals surface area contributed by atoms with Gasteiger partial charge in [-0.3, -0.25) is 9.36 Å². The monoisotopic (exact) mass is 406 g/mol. The van der Waals surface area contributed by atoms with E-state index < -0.39 is 5.97 Å². The molecule has 0 aliphatic carbocycles. The third kappa shape index (κ3) is 3.77. The zero-order valence-electron chi connectivity index (χ0n) is 15.7. The summed E-state index contributed by atoms with van der Waals surface area (Å²) in [6.45, 7) is 2.78. The highest BCUT2D eigenvalue weighted by Crippen LogP contribution is 2.31. The molecular formula is C22H18N2O4S. The van der Waals surface area contributed by atoms with Crippen LogP contribution >= 0.6 is 11.3 Å². The molecule has 7 heteroatoms. The van der Waals surface area contributed by atoms with Crippen LogP contribution in [0.1, 0.15) is 22.8 Å². The largest absolute Gasteiger partial charge is 0.494 e. The van der Waals surface area contributed by atoms with Gasteiger partial charge in [-0.1, -0.05) is 24.3 Å². The molecule has 0 aliphatic heterocycles. The molecule has 146 valence electrons. The van der Waals surface area contributed by atoms with Crippen molar-refractivity contribution in [2.45, 2.75) is 13.5 Å². The molecule has 2 aromatic carbocycles. The number of carboxylic acids is 1. The van der Waals surface area contributed by atoms with Crippen LogP contribution in [0.15, 0.2) is 65.0 Å². The number of fused-ring (bicyclic) bond motifs is 1. The van der Waals surface area contributed by atoms with E-state index in [1.54, 1.807) is 18.2 Å². The summed E-state index contributed by atoms with van der Waals surface area (Å²) in [6.07, 6.45) is 1.51. The van der Waals surface area contributed by atoms with Crippen LogP contribution in [0.25, 0.3) is 21.3 Å². The van der Waals surface area contributed by atoms with Crippen LogP contribution in [-0.4, -0.2) is 27.2 Å². The van der Waals surface area contributed by atoms with Crippen LogP contribution in [-0.2, 0) is 6.54 Å². The maximum atomic E-state index is 13.2. The Bertz CT molecular complexity index is 1240. The van der Waals surface area contributed by atoms with Gasteiger partial charge in [0.25, 0.3) is 5.56 Å². The maximum absolute atomic E-state index is 13.2. The Morgan fingerprint density at radius 2 is 2.00 bits per heavy atom. The fraction of sp³-hybridized carbons (Fsp3) is 0.136. The topological polar surface area (TPSA) is 81.4 Å². The molecule has 0 fully saturated rings. The quantitative estimate of drug-likeness (QED) is 0.517. The highest BCUT2D eigenvalue weighted by atomic mass is 32.1. The van der Waals surface area contributed by atoms with Crippen molar-refractivity contribution in [3.05, 3.63) is 81.7 Å². The second kappa shape index (κ2) is 7.89. The van der Waals surface area contributed by atoms with Gasteiger partial charge in [-0.25, -0.2) is 9.78 Å². The third-order valence-corrected chi connectivity index (χ3v) is 5.45. The Balaban J connectivity index is 1.74. The predicted molar refractivity (Wildman–Crippen MR) is 113 cm³/mol. The van der Waals surface area contributed by atoms with E-state index in [9.17, 15) is 14.7 Å². The molecule has 0 aliphatic rings. The van der Waals surface area contributed by atoms with Crippen LogP contribution < -0.4 is 10.3 Å².